The molecule has 0 aliphatic carbocycles. The van der Waals surface area contributed by atoms with E-state index in [-0.39, 0.29) is 18.2 Å². The van der Waals surface area contributed by atoms with E-state index >= 15 is 0 Å². The van der Waals surface area contributed by atoms with Gasteiger partial charge in [-0.2, -0.15) is 0 Å². The summed E-state index contributed by atoms with van der Waals surface area (Å²) in [5, 5.41) is -0.412. The molecule has 0 radical (unpaired) electrons. The van der Waals surface area contributed by atoms with E-state index in [0.29, 0.717) is 13.2 Å². The van der Waals surface area contributed by atoms with Crippen molar-refractivity contribution in [1.29, 1.82) is 0 Å². The molecule has 1 aliphatic rings. The molecule has 0 aromatic rings. The molecule has 14 heavy (non-hydrogen) atoms. The molecule has 1 atom stereocenters. The lowest BCUT2D eigenvalue weighted by Crippen LogP contribution is -2.33. The van der Waals surface area contributed by atoms with Crippen LogP contribution >= 0.6 is 0 Å². The average molecular weight is 221 g/mol. The summed E-state index contributed by atoms with van der Waals surface area (Å²) in [5.41, 5.74) is 5.36. The van der Waals surface area contributed by atoms with E-state index < -0.39 is 15.1 Å². The van der Waals surface area contributed by atoms with Gasteiger partial charge < -0.3 is 10.5 Å². The van der Waals surface area contributed by atoms with Crippen molar-refractivity contribution in [3.05, 3.63) is 0 Å². The second-order valence-electron chi connectivity index (χ2n) is 3.93. The average Bonchev–Trinajstić information content (AvgIpc) is 2.17. The van der Waals surface area contributed by atoms with E-state index in [9.17, 15) is 8.42 Å². The van der Waals surface area contributed by atoms with Gasteiger partial charge in [0.1, 0.15) is 0 Å². The van der Waals surface area contributed by atoms with Crippen LogP contribution in [0.3, 0.4) is 0 Å². The normalized spacial score (nSPS) is 22.1. The van der Waals surface area contributed by atoms with E-state index in [1.54, 1.807) is 6.92 Å². The van der Waals surface area contributed by atoms with Crippen LogP contribution in [0.2, 0.25) is 0 Å². The van der Waals surface area contributed by atoms with E-state index in [0.717, 1.165) is 12.8 Å². The number of hydrogen-bond donors (Lipinski definition) is 1. The molecule has 0 amide bonds. The first-order valence-corrected chi connectivity index (χ1v) is 6.77. The molecule has 1 aliphatic heterocycles. The Morgan fingerprint density at radius 2 is 2.00 bits per heavy atom. The highest BCUT2D eigenvalue weighted by molar-refractivity contribution is 7.92. The number of ether oxygens (including phenoxy) is 1. The molecule has 0 aromatic carbocycles. The van der Waals surface area contributed by atoms with Gasteiger partial charge in [0.2, 0.25) is 0 Å². The minimum Gasteiger partial charge on any atom is -0.381 e. The van der Waals surface area contributed by atoms with Gasteiger partial charge in [-0.25, -0.2) is 8.42 Å². The van der Waals surface area contributed by atoms with Gasteiger partial charge in [0.25, 0.3) is 0 Å². The third-order valence-electron chi connectivity index (χ3n) is 2.75. The van der Waals surface area contributed by atoms with Gasteiger partial charge >= 0.3 is 0 Å². The zero-order valence-electron chi connectivity index (χ0n) is 8.61. The first-order chi connectivity index (χ1) is 6.56. The maximum atomic E-state index is 11.7. The molecule has 0 aromatic heterocycles. The molecule has 84 valence electrons. The summed E-state index contributed by atoms with van der Waals surface area (Å²) in [6.07, 6.45) is 1.72. The lowest BCUT2D eigenvalue weighted by Gasteiger charge is -2.23. The van der Waals surface area contributed by atoms with Crippen molar-refractivity contribution in [2.45, 2.75) is 25.0 Å². The molecular formula is C9H19NO3S. The number of rotatable bonds is 4. The molecule has 4 nitrogen and oxygen atoms in total. The Balaban J connectivity index is 2.49. The first-order valence-electron chi connectivity index (χ1n) is 5.05. The Labute approximate surface area is 85.7 Å². The largest absolute Gasteiger partial charge is 0.381 e. The molecule has 1 saturated heterocycles. The van der Waals surface area contributed by atoms with E-state index in [4.69, 9.17) is 10.5 Å². The predicted octanol–water partition coefficient (Wildman–Crippen LogP) is 0.175. The molecule has 5 heteroatoms. The van der Waals surface area contributed by atoms with Gasteiger partial charge in [-0.15, -0.1) is 0 Å². The highest BCUT2D eigenvalue weighted by atomic mass is 32.2. The van der Waals surface area contributed by atoms with Gasteiger partial charge in [-0.05, 0) is 25.7 Å². The van der Waals surface area contributed by atoms with Crippen LogP contribution in [0.1, 0.15) is 19.8 Å². The summed E-state index contributed by atoms with van der Waals surface area (Å²) >= 11 is 0. The van der Waals surface area contributed by atoms with Crippen molar-refractivity contribution >= 4 is 9.84 Å². The summed E-state index contributed by atoms with van der Waals surface area (Å²) < 4.78 is 28.6. The third-order valence-corrected chi connectivity index (χ3v) is 5.11. The van der Waals surface area contributed by atoms with Crippen LogP contribution in [-0.2, 0) is 14.6 Å². The van der Waals surface area contributed by atoms with Gasteiger partial charge in [0.05, 0.1) is 11.0 Å². The van der Waals surface area contributed by atoms with Gasteiger partial charge in [0, 0.05) is 19.8 Å². The Kier molecular flexibility index (Phi) is 4.34. The Hall–Kier alpha value is -0.130. The van der Waals surface area contributed by atoms with E-state index in [1.807, 2.05) is 0 Å². The Bertz CT molecular complexity index is 257. The fraction of sp³-hybridized carbons (Fsp3) is 1.00. The van der Waals surface area contributed by atoms with Crippen LogP contribution in [-0.4, -0.2) is 39.2 Å². The summed E-state index contributed by atoms with van der Waals surface area (Å²) in [6, 6.07) is 0. The minimum absolute atomic E-state index is 0.214. The van der Waals surface area contributed by atoms with Crippen LogP contribution < -0.4 is 5.73 Å². The summed E-state index contributed by atoms with van der Waals surface area (Å²) in [4.78, 5) is 0. The quantitative estimate of drug-likeness (QED) is 0.735. The van der Waals surface area contributed by atoms with Crippen LogP contribution in [0.4, 0.5) is 0 Å². The van der Waals surface area contributed by atoms with Gasteiger partial charge in [0.15, 0.2) is 9.84 Å². The fourth-order valence-corrected chi connectivity index (χ4v) is 3.16. The van der Waals surface area contributed by atoms with Gasteiger partial charge in [-0.1, -0.05) is 0 Å². The SMILES string of the molecule is CC(CN)S(=O)(=O)CC1CCOCC1. The lowest BCUT2D eigenvalue weighted by molar-refractivity contribution is 0.0723. The number of nitrogens with two attached hydrogens (primary N) is 1. The molecule has 1 unspecified atom stereocenters. The summed E-state index contributed by atoms with van der Waals surface area (Å²) in [6.45, 7) is 3.27. The second kappa shape index (κ2) is 5.09. The molecular weight excluding hydrogens is 202 g/mol. The Morgan fingerprint density at radius 1 is 1.43 bits per heavy atom. The molecule has 0 saturated carbocycles. The maximum absolute atomic E-state index is 11.7. The van der Waals surface area contributed by atoms with Crippen LogP contribution in [0.15, 0.2) is 0 Å². The molecule has 0 bridgehead atoms. The van der Waals surface area contributed by atoms with Crippen molar-refractivity contribution in [3.8, 4) is 0 Å². The van der Waals surface area contributed by atoms with Crippen LogP contribution in [0, 0.1) is 5.92 Å². The molecule has 1 rings (SSSR count). The maximum Gasteiger partial charge on any atom is 0.154 e. The van der Waals surface area contributed by atoms with Crippen molar-refractivity contribution in [1.82, 2.24) is 0 Å². The summed E-state index contributed by atoms with van der Waals surface area (Å²) in [5.74, 6) is 0.539. The van der Waals surface area contributed by atoms with Crippen LogP contribution in [0.5, 0.6) is 0 Å². The highest BCUT2D eigenvalue weighted by Gasteiger charge is 2.25. The highest BCUT2D eigenvalue weighted by Crippen LogP contribution is 2.18. The smallest absolute Gasteiger partial charge is 0.154 e. The van der Waals surface area contributed by atoms with Crippen LogP contribution in [0.25, 0.3) is 0 Å². The monoisotopic (exact) mass is 221 g/mol. The third kappa shape index (κ3) is 3.22. The predicted molar refractivity (Wildman–Crippen MR) is 55.8 cm³/mol. The topological polar surface area (TPSA) is 69.4 Å². The standard InChI is InChI=1S/C9H19NO3S/c1-8(6-10)14(11,12)7-9-2-4-13-5-3-9/h8-9H,2-7,10H2,1H3. The molecule has 1 heterocycles. The van der Waals surface area contributed by atoms with Crippen molar-refractivity contribution in [2.24, 2.45) is 11.7 Å². The van der Waals surface area contributed by atoms with Crippen molar-refractivity contribution < 1.29 is 13.2 Å². The number of hydrogen-bond acceptors (Lipinski definition) is 4. The molecule has 0 spiro atoms. The molecule has 1 fully saturated rings. The van der Waals surface area contributed by atoms with Gasteiger partial charge in [-0.3, -0.25) is 0 Å². The summed E-state index contributed by atoms with van der Waals surface area (Å²) in [7, 11) is -2.99. The molecule has 2 N–H and O–H groups in total. The second-order valence-corrected chi connectivity index (χ2v) is 6.40. The zero-order chi connectivity index (χ0) is 10.6. The minimum atomic E-state index is -2.99. The van der Waals surface area contributed by atoms with Crippen molar-refractivity contribution in [2.75, 3.05) is 25.5 Å². The van der Waals surface area contributed by atoms with E-state index in [1.165, 1.54) is 0 Å². The Morgan fingerprint density at radius 3 is 2.50 bits per heavy atom. The van der Waals surface area contributed by atoms with Crippen molar-refractivity contribution in [3.63, 3.8) is 0 Å². The zero-order valence-corrected chi connectivity index (χ0v) is 9.42. The first kappa shape index (κ1) is 11.9. The lowest BCUT2D eigenvalue weighted by atomic mass is 10.0. The van der Waals surface area contributed by atoms with E-state index in [2.05, 4.69) is 0 Å². The fourth-order valence-electron chi connectivity index (χ4n) is 1.55. The number of sulfone groups is 1.